The van der Waals surface area contributed by atoms with Crippen molar-refractivity contribution in [1.82, 2.24) is 10.2 Å². The van der Waals surface area contributed by atoms with Gasteiger partial charge in [0.2, 0.25) is 11.8 Å². The first-order valence-electron chi connectivity index (χ1n) is 15.3. The van der Waals surface area contributed by atoms with Gasteiger partial charge in [0.1, 0.15) is 23.7 Å². The minimum absolute atomic E-state index is 0.104. The molecule has 11 nitrogen and oxygen atoms in total. The number of thioether (sulfide) groups is 1. The number of nitrogens with zero attached hydrogens (tertiary/aromatic N) is 3. The predicted molar refractivity (Wildman–Crippen MR) is 180 cm³/mol. The predicted octanol–water partition coefficient (Wildman–Crippen LogP) is 5.87. The molecule has 4 aromatic rings. The van der Waals surface area contributed by atoms with Gasteiger partial charge in [-0.15, -0.1) is 0 Å². The molecule has 3 amide bonds. The molecule has 1 aromatic heterocycles. The summed E-state index contributed by atoms with van der Waals surface area (Å²) >= 11 is 1.37. The zero-order valence-corrected chi connectivity index (χ0v) is 26.7. The minimum atomic E-state index is -0.832. The molecule has 47 heavy (non-hydrogen) atoms. The van der Waals surface area contributed by atoms with E-state index in [1.54, 1.807) is 36.3 Å². The van der Waals surface area contributed by atoms with Crippen LogP contribution >= 0.6 is 11.8 Å². The van der Waals surface area contributed by atoms with Crippen molar-refractivity contribution in [3.63, 3.8) is 0 Å². The van der Waals surface area contributed by atoms with Gasteiger partial charge in [0.05, 0.1) is 31.7 Å². The van der Waals surface area contributed by atoms with E-state index in [0.717, 1.165) is 35.6 Å². The van der Waals surface area contributed by atoms with Gasteiger partial charge in [0.25, 0.3) is 0 Å². The highest BCUT2D eigenvalue weighted by Crippen LogP contribution is 2.41. The first-order valence-corrected chi connectivity index (χ1v) is 16.2. The molecule has 242 valence electrons. The van der Waals surface area contributed by atoms with Crippen LogP contribution in [0, 0.1) is 0 Å². The highest BCUT2D eigenvalue weighted by Gasteiger charge is 2.39. The molecule has 0 saturated carbocycles. The molecule has 2 atom stereocenters. The molecule has 3 heterocycles. The highest BCUT2D eigenvalue weighted by atomic mass is 32.2. The maximum Gasteiger partial charge on any atom is 0.408 e. The summed E-state index contributed by atoms with van der Waals surface area (Å²) in [4.78, 5) is 47.5. The Labute approximate surface area is 276 Å². The third kappa shape index (κ3) is 8.21. The van der Waals surface area contributed by atoms with Gasteiger partial charge in [-0.3, -0.25) is 14.5 Å². The Morgan fingerprint density at radius 1 is 0.979 bits per heavy atom. The summed E-state index contributed by atoms with van der Waals surface area (Å²) in [6.45, 7) is 5.05. The lowest BCUT2D eigenvalue weighted by Crippen LogP contribution is -2.41. The summed E-state index contributed by atoms with van der Waals surface area (Å²) in [5.74, 6) is 0.137. The zero-order chi connectivity index (χ0) is 32.6. The van der Waals surface area contributed by atoms with Gasteiger partial charge < -0.3 is 29.4 Å². The number of rotatable bonds is 10. The van der Waals surface area contributed by atoms with Crippen LogP contribution in [0.1, 0.15) is 29.1 Å². The van der Waals surface area contributed by atoms with Gasteiger partial charge in [-0.2, -0.15) is 0 Å². The van der Waals surface area contributed by atoms with E-state index >= 15 is 0 Å². The molecule has 2 fully saturated rings. The number of morpholine rings is 1. The van der Waals surface area contributed by atoms with E-state index in [1.165, 1.54) is 11.8 Å². The second kappa shape index (κ2) is 15.0. The number of nitrogens with one attached hydrogen (secondary N) is 2. The van der Waals surface area contributed by atoms with Crippen LogP contribution in [-0.2, 0) is 32.2 Å². The first-order chi connectivity index (χ1) is 22.9. The topological polar surface area (TPSA) is 126 Å². The second-order valence-corrected chi connectivity index (χ2v) is 12.1. The Bertz CT molecular complexity index is 1690. The van der Waals surface area contributed by atoms with Crippen LogP contribution in [0.3, 0.4) is 0 Å². The second-order valence-electron chi connectivity index (χ2n) is 11.1. The van der Waals surface area contributed by atoms with Gasteiger partial charge in [0.15, 0.2) is 5.17 Å². The SMILES string of the molecule is C[C@H](NC(=O)OCc1ccccc1)C(=O)Nc1ccc(C2SC(=Nc3ccc(N4CCOCC4)cc3)N(Cc3ccco3)C2=O)cc1. The number of carbonyl (C=O) groups excluding carboxylic acids is 3. The average Bonchev–Trinajstić information content (AvgIpc) is 3.73. The summed E-state index contributed by atoms with van der Waals surface area (Å²) in [5.41, 5.74) is 4.00. The molecule has 0 radical (unpaired) electrons. The lowest BCUT2D eigenvalue weighted by atomic mass is 10.1. The Balaban J connectivity index is 1.10. The average molecular weight is 654 g/mol. The number of amides is 3. The fourth-order valence-electron chi connectivity index (χ4n) is 5.13. The number of furan rings is 1. The van der Waals surface area contributed by atoms with E-state index in [2.05, 4.69) is 15.5 Å². The molecule has 2 aliphatic rings. The normalized spacial score (nSPS) is 17.9. The molecule has 12 heteroatoms. The molecule has 2 N–H and O–H groups in total. The van der Waals surface area contributed by atoms with E-state index in [4.69, 9.17) is 18.9 Å². The summed E-state index contributed by atoms with van der Waals surface area (Å²) < 4.78 is 16.2. The van der Waals surface area contributed by atoms with Crippen LogP contribution in [0.4, 0.5) is 21.9 Å². The maximum atomic E-state index is 13.7. The highest BCUT2D eigenvalue weighted by molar-refractivity contribution is 8.15. The van der Waals surface area contributed by atoms with Crippen molar-refractivity contribution in [1.29, 1.82) is 0 Å². The van der Waals surface area contributed by atoms with Gasteiger partial charge in [0, 0.05) is 24.5 Å². The number of aliphatic imine (C=N–C) groups is 1. The van der Waals surface area contributed by atoms with Crippen LogP contribution in [0.15, 0.2) is 107 Å². The van der Waals surface area contributed by atoms with Crippen LogP contribution in [0.25, 0.3) is 0 Å². The lowest BCUT2D eigenvalue weighted by Gasteiger charge is -2.28. The van der Waals surface area contributed by atoms with Crippen molar-refractivity contribution in [3.8, 4) is 0 Å². The van der Waals surface area contributed by atoms with Gasteiger partial charge >= 0.3 is 6.09 Å². The fraction of sp³-hybridized carbons (Fsp3) is 0.257. The Morgan fingerprint density at radius 2 is 1.72 bits per heavy atom. The molecular formula is C35H35N5O6S. The van der Waals surface area contributed by atoms with Crippen molar-refractivity contribution in [2.75, 3.05) is 36.5 Å². The number of alkyl carbamates (subject to hydrolysis) is 1. The summed E-state index contributed by atoms with van der Waals surface area (Å²) in [6.07, 6.45) is 0.895. The van der Waals surface area contributed by atoms with Crippen LogP contribution < -0.4 is 15.5 Å². The fourth-order valence-corrected chi connectivity index (χ4v) is 6.30. The van der Waals surface area contributed by atoms with Gasteiger partial charge in [-0.1, -0.05) is 54.2 Å². The van der Waals surface area contributed by atoms with Crippen molar-refractivity contribution in [2.24, 2.45) is 4.99 Å². The number of anilines is 2. The molecule has 0 spiro atoms. The smallest absolute Gasteiger partial charge is 0.408 e. The summed E-state index contributed by atoms with van der Waals surface area (Å²) in [5, 5.41) is 5.39. The molecule has 3 aromatic carbocycles. The summed E-state index contributed by atoms with van der Waals surface area (Å²) in [7, 11) is 0. The number of hydrogen-bond donors (Lipinski definition) is 2. The van der Waals surface area contributed by atoms with Gasteiger partial charge in [-0.25, -0.2) is 9.79 Å². The van der Waals surface area contributed by atoms with Crippen molar-refractivity contribution in [3.05, 3.63) is 114 Å². The Morgan fingerprint density at radius 3 is 2.43 bits per heavy atom. The molecule has 0 bridgehead atoms. The molecular weight excluding hydrogens is 618 g/mol. The lowest BCUT2D eigenvalue weighted by molar-refractivity contribution is -0.126. The first kappa shape index (κ1) is 31.9. The molecule has 2 aliphatic heterocycles. The molecule has 6 rings (SSSR count). The van der Waals surface area contributed by atoms with Gasteiger partial charge in [-0.05, 0) is 66.6 Å². The van der Waals surface area contributed by atoms with Crippen LogP contribution in [0.2, 0.25) is 0 Å². The Hall–Kier alpha value is -5.07. The number of hydrogen-bond acceptors (Lipinski definition) is 9. The number of ether oxygens (including phenoxy) is 2. The maximum absolute atomic E-state index is 13.7. The number of amidine groups is 1. The zero-order valence-electron chi connectivity index (χ0n) is 25.8. The molecule has 1 unspecified atom stereocenters. The Kier molecular flexibility index (Phi) is 10.2. The van der Waals surface area contributed by atoms with E-state index in [9.17, 15) is 14.4 Å². The van der Waals surface area contributed by atoms with E-state index in [-0.39, 0.29) is 19.1 Å². The van der Waals surface area contributed by atoms with E-state index in [0.29, 0.717) is 29.8 Å². The van der Waals surface area contributed by atoms with Crippen molar-refractivity contribution >= 4 is 51.9 Å². The van der Waals surface area contributed by atoms with Crippen molar-refractivity contribution in [2.45, 2.75) is 31.4 Å². The third-order valence-electron chi connectivity index (χ3n) is 7.71. The van der Waals surface area contributed by atoms with Crippen molar-refractivity contribution < 1.29 is 28.3 Å². The number of benzene rings is 3. The molecule has 0 aliphatic carbocycles. The van der Waals surface area contributed by atoms with E-state index in [1.807, 2.05) is 72.8 Å². The minimum Gasteiger partial charge on any atom is -0.467 e. The largest absolute Gasteiger partial charge is 0.467 e. The quantitative estimate of drug-likeness (QED) is 0.218. The monoisotopic (exact) mass is 653 g/mol. The van der Waals surface area contributed by atoms with Crippen LogP contribution in [-0.4, -0.2) is 60.3 Å². The molecule has 2 saturated heterocycles. The van der Waals surface area contributed by atoms with E-state index < -0.39 is 23.3 Å². The standard InChI is InChI=1S/C35H35N5O6S/c1-24(36-35(43)46-23-25-6-3-2-4-7-25)32(41)37-27-11-9-26(10-12-27)31-33(42)40(22-30-8-5-19-45-30)34(47-31)38-28-13-15-29(16-14-28)39-17-20-44-21-18-39/h2-16,19,24,31H,17-18,20-23H2,1H3,(H,36,43)(H,37,41)/t24-,31?/m0/s1. The summed E-state index contributed by atoms with van der Waals surface area (Å²) in [6, 6.07) is 27.1. The number of carbonyl (C=O) groups is 3. The third-order valence-corrected chi connectivity index (χ3v) is 8.94. The van der Waals surface area contributed by atoms with Crippen LogP contribution in [0.5, 0.6) is 0 Å².